The lowest BCUT2D eigenvalue weighted by Gasteiger charge is -1.93. The fourth-order valence-corrected chi connectivity index (χ4v) is 1.24. The molecule has 5 nitrogen and oxygen atoms in total. The highest BCUT2D eigenvalue weighted by molar-refractivity contribution is 6.36. The summed E-state index contributed by atoms with van der Waals surface area (Å²) in [6.07, 6.45) is 3.06. The number of fused-ring (bicyclic) bond motifs is 1. The summed E-state index contributed by atoms with van der Waals surface area (Å²) in [4.78, 5) is 14.4. The molecule has 6 heteroatoms. The number of carbonyl (C=O) groups excluding carboxylic acids is 1. The van der Waals surface area contributed by atoms with Crippen LogP contribution in [0.4, 0.5) is 0 Å². The van der Waals surface area contributed by atoms with Gasteiger partial charge >= 0.3 is 0 Å². The minimum Gasteiger partial charge on any atom is -0.543 e. The van der Waals surface area contributed by atoms with E-state index in [1.54, 1.807) is 12.3 Å². The Hall–Kier alpha value is -1.62. The first kappa shape index (κ1) is 8.00. The molecule has 0 radical (unpaired) electrons. The van der Waals surface area contributed by atoms with Crippen LogP contribution < -0.4 is 5.11 Å². The van der Waals surface area contributed by atoms with Gasteiger partial charge in [0.05, 0.1) is 5.97 Å². The minimum atomic E-state index is -1.41. The maximum absolute atomic E-state index is 10.5. The highest BCUT2D eigenvalue weighted by atomic mass is 35.5. The average Bonchev–Trinajstić information content (AvgIpc) is 2.45. The van der Waals surface area contributed by atoms with Gasteiger partial charge in [-0.05, 0) is 6.07 Å². The molecule has 0 N–H and O–H groups in total. The maximum atomic E-state index is 10.5. The predicted octanol–water partition coefficient (Wildman–Crippen LogP) is -0.254. The number of halogens is 1. The zero-order valence-corrected chi connectivity index (χ0v) is 7.02. The molecule has 2 rings (SSSR count). The normalized spacial score (nSPS) is 10.5. The van der Waals surface area contributed by atoms with Crippen LogP contribution >= 0.6 is 11.6 Å². The van der Waals surface area contributed by atoms with Crippen LogP contribution in [0.2, 0.25) is 5.02 Å². The van der Waals surface area contributed by atoms with E-state index in [1.165, 1.54) is 10.7 Å². The van der Waals surface area contributed by atoms with Crippen LogP contribution in [-0.2, 0) is 0 Å². The standard InChI is InChI=1S/C7H4ClN3O2/c8-4-5(7(12)13)10-11-3-1-2-9-6(4)11/h1-3H,(H,12,13)/p-1. The molecule has 0 amide bonds. The molecule has 2 aromatic rings. The van der Waals surface area contributed by atoms with Crippen molar-refractivity contribution >= 4 is 23.2 Å². The topological polar surface area (TPSA) is 70.3 Å². The summed E-state index contributed by atoms with van der Waals surface area (Å²) >= 11 is 5.69. The Kier molecular flexibility index (Phi) is 1.66. The molecular weight excluding hydrogens is 194 g/mol. The second-order valence-electron chi connectivity index (χ2n) is 2.34. The molecule has 0 aromatic carbocycles. The van der Waals surface area contributed by atoms with E-state index >= 15 is 0 Å². The molecule has 0 saturated carbocycles. The van der Waals surface area contributed by atoms with Crippen molar-refractivity contribution in [1.82, 2.24) is 14.6 Å². The van der Waals surface area contributed by atoms with Gasteiger partial charge in [-0.15, -0.1) is 0 Å². The molecule has 2 aromatic heterocycles. The third-order valence-electron chi connectivity index (χ3n) is 1.53. The Bertz CT molecular complexity index is 480. The second kappa shape index (κ2) is 2.70. The van der Waals surface area contributed by atoms with E-state index in [-0.39, 0.29) is 10.7 Å². The first-order valence-electron chi connectivity index (χ1n) is 3.40. The molecule has 0 bridgehead atoms. The van der Waals surface area contributed by atoms with Crippen molar-refractivity contribution in [1.29, 1.82) is 0 Å². The van der Waals surface area contributed by atoms with Crippen molar-refractivity contribution in [3.8, 4) is 0 Å². The van der Waals surface area contributed by atoms with Gasteiger partial charge in [-0.1, -0.05) is 11.6 Å². The molecule has 0 saturated heterocycles. The number of aromatic nitrogens is 3. The van der Waals surface area contributed by atoms with Crippen molar-refractivity contribution in [3.63, 3.8) is 0 Å². The summed E-state index contributed by atoms with van der Waals surface area (Å²) in [5.74, 6) is -1.41. The van der Waals surface area contributed by atoms with Crippen LogP contribution in [0.25, 0.3) is 5.65 Å². The molecule has 0 spiro atoms. The third kappa shape index (κ3) is 1.13. The molecule has 66 valence electrons. The number of hydrogen-bond acceptors (Lipinski definition) is 4. The fraction of sp³-hybridized carbons (Fsp3) is 0. The molecule has 0 fully saturated rings. The molecular formula is C7H3ClN3O2-. The van der Waals surface area contributed by atoms with E-state index in [9.17, 15) is 9.90 Å². The maximum Gasteiger partial charge on any atom is 0.174 e. The van der Waals surface area contributed by atoms with Gasteiger partial charge in [0.15, 0.2) is 5.65 Å². The predicted molar refractivity (Wildman–Crippen MR) is 42.3 cm³/mol. The van der Waals surface area contributed by atoms with E-state index in [2.05, 4.69) is 10.1 Å². The van der Waals surface area contributed by atoms with Gasteiger partial charge in [0.1, 0.15) is 10.7 Å². The van der Waals surface area contributed by atoms with Crippen molar-refractivity contribution in [2.75, 3.05) is 0 Å². The smallest absolute Gasteiger partial charge is 0.174 e. The lowest BCUT2D eigenvalue weighted by molar-refractivity contribution is -0.255. The van der Waals surface area contributed by atoms with Crippen molar-refractivity contribution in [2.24, 2.45) is 0 Å². The third-order valence-corrected chi connectivity index (χ3v) is 1.88. The highest BCUT2D eigenvalue weighted by Crippen LogP contribution is 2.18. The summed E-state index contributed by atoms with van der Waals surface area (Å²) in [5, 5.41) is 14.2. The molecule has 0 atom stereocenters. The summed E-state index contributed by atoms with van der Waals surface area (Å²) in [7, 11) is 0. The van der Waals surface area contributed by atoms with Crippen LogP contribution in [0.3, 0.4) is 0 Å². The Morgan fingerprint density at radius 1 is 1.62 bits per heavy atom. The number of carboxylic acids is 1. The summed E-state index contributed by atoms with van der Waals surface area (Å²) in [5.41, 5.74) is 0.0173. The Balaban J connectivity index is 2.81. The van der Waals surface area contributed by atoms with E-state index in [1.807, 2.05) is 0 Å². The number of carboxylic acid groups (broad SMARTS) is 1. The Morgan fingerprint density at radius 2 is 2.38 bits per heavy atom. The number of rotatable bonds is 1. The van der Waals surface area contributed by atoms with Gasteiger partial charge in [-0.25, -0.2) is 9.50 Å². The van der Waals surface area contributed by atoms with Gasteiger partial charge in [-0.3, -0.25) is 0 Å². The van der Waals surface area contributed by atoms with Crippen LogP contribution in [0.5, 0.6) is 0 Å². The molecule has 0 aliphatic rings. The first-order valence-corrected chi connectivity index (χ1v) is 3.78. The molecule has 2 heterocycles. The lowest BCUT2D eigenvalue weighted by Crippen LogP contribution is -2.23. The summed E-state index contributed by atoms with van der Waals surface area (Å²) in [6, 6.07) is 1.62. The zero-order chi connectivity index (χ0) is 9.42. The molecule has 13 heavy (non-hydrogen) atoms. The van der Waals surface area contributed by atoms with E-state index < -0.39 is 5.97 Å². The van der Waals surface area contributed by atoms with Crippen molar-refractivity contribution in [3.05, 3.63) is 29.2 Å². The first-order chi connectivity index (χ1) is 6.20. The number of hydrogen-bond donors (Lipinski definition) is 0. The summed E-state index contributed by atoms with van der Waals surface area (Å²) in [6.45, 7) is 0. The highest BCUT2D eigenvalue weighted by Gasteiger charge is 2.11. The molecule has 0 unspecified atom stereocenters. The SMILES string of the molecule is O=C([O-])c1nn2cccnc2c1Cl. The van der Waals surface area contributed by atoms with Gasteiger partial charge < -0.3 is 9.90 Å². The second-order valence-corrected chi connectivity index (χ2v) is 2.72. The van der Waals surface area contributed by atoms with Crippen LogP contribution in [0, 0.1) is 0 Å². The summed E-state index contributed by atoms with van der Waals surface area (Å²) < 4.78 is 1.29. The number of carbonyl (C=O) groups is 1. The number of aromatic carboxylic acids is 1. The van der Waals surface area contributed by atoms with Gasteiger partial charge in [0.2, 0.25) is 0 Å². The largest absolute Gasteiger partial charge is 0.543 e. The van der Waals surface area contributed by atoms with Crippen molar-refractivity contribution < 1.29 is 9.90 Å². The van der Waals surface area contributed by atoms with Gasteiger partial charge in [0.25, 0.3) is 0 Å². The quantitative estimate of drug-likeness (QED) is 0.631. The van der Waals surface area contributed by atoms with E-state index in [0.717, 1.165) is 0 Å². The fourth-order valence-electron chi connectivity index (χ4n) is 0.989. The van der Waals surface area contributed by atoms with Crippen LogP contribution in [-0.4, -0.2) is 20.6 Å². The Morgan fingerprint density at radius 3 is 3.00 bits per heavy atom. The van der Waals surface area contributed by atoms with Crippen LogP contribution in [0.15, 0.2) is 18.5 Å². The molecule has 0 aliphatic carbocycles. The minimum absolute atomic E-state index is 0.000556. The monoisotopic (exact) mass is 196 g/mol. The van der Waals surface area contributed by atoms with Gasteiger partial charge in [0, 0.05) is 12.4 Å². The van der Waals surface area contributed by atoms with Crippen molar-refractivity contribution in [2.45, 2.75) is 0 Å². The Labute approximate surface area is 77.6 Å². The lowest BCUT2D eigenvalue weighted by atomic mass is 10.4. The number of nitrogens with zero attached hydrogens (tertiary/aromatic N) is 3. The van der Waals surface area contributed by atoms with Gasteiger partial charge in [-0.2, -0.15) is 5.10 Å². The zero-order valence-electron chi connectivity index (χ0n) is 6.27. The molecule has 0 aliphatic heterocycles. The van der Waals surface area contributed by atoms with E-state index in [0.29, 0.717) is 5.65 Å². The van der Waals surface area contributed by atoms with E-state index in [4.69, 9.17) is 11.6 Å². The average molecular weight is 197 g/mol. The van der Waals surface area contributed by atoms with Crippen LogP contribution in [0.1, 0.15) is 10.5 Å².